The number of anilines is 2. The molecule has 1 aliphatic heterocycles. The van der Waals surface area contributed by atoms with Crippen molar-refractivity contribution in [2.45, 2.75) is 19.4 Å². The molecule has 1 aliphatic rings. The van der Waals surface area contributed by atoms with Gasteiger partial charge in [-0.15, -0.1) is 11.3 Å². The molecule has 1 saturated heterocycles. The van der Waals surface area contributed by atoms with E-state index in [1.807, 2.05) is 55.6 Å². The summed E-state index contributed by atoms with van der Waals surface area (Å²) in [4.78, 5) is 28.5. The highest BCUT2D eigenvalue weighted by atomic mass is 32.1. The lowest BCUT2D eigenvalue weighted by molar-refractivity contribution is 0.101. The van der Waals surface area contributed by atoms with Crippen molar-refractivity contribution >= 4 is 34.4 Å². The van der Waals surface area contributed by atoms with Gasteiger partial charge in [0.2, 0.25) is 0 Å². The van der Waals surface area contributed by atoms with Crippen molar-refractivity contribution in [2.75, 3.05) is 30.4 Å². The Kier molecular flexibility index (Phi) is 5.97. The number of nitrogens with zero attached hydrogens (tertiary/aromatic N) is 1. The maximum absolute atomic E-state index is 12.7. The fourth-order valence-electron chi connectivity index (χ4n) is 3.79. The Morgan fingerprint density at radius 2 is 1.80 bits per heavy atom. The minimum Gasteiger partial charge on any atom is -0.370 e. The number of thiophene rings is 1. The molecule has 1 amide bonds. The van der Waals surface area contributed by atoms with Crippen LogP contribution in [0, 0.1) is 0 Å². The highest BCUT2D eigenvalue weighted by molar-refractivity contribution is 7.17. The number of carbonyl (C=O) groups is 2. The lowest BCUT2D eigenvalue weighted by Crippen LogP contribution is -2.29. The Hall–Kier alpha value is -2.96. The average molecular weight is 420 g/mol. The molecule has 1 fully saturated rings. The molecule has 2 N–H and O–H groups in total. The number of nitrogens with one attached hydrogen (secondary N) is 2. The summed E-state index contributed by atoms with van der Waals surface area (Å²) in [5.41, 5.74) is 3.48. The Bertz CT molecular complexity index is 1060. The van der Waals surface area contributed by atoms with Gasteiger partial charge in [-0.1, -0.05) is 24.3 Å². The second-order valence-electron chi connectivity index (χ2n) is 7.49. The molecular weight excluding hydrogens is 394 g/mol. The summed E-state index contributed by atoms with van der Waals surface area (Å²) < 4.78 is 0. The number of ketones is 1. The average Bonchev–Trinajstić information content (AvgIpc) is 3.44. The molecular formula is C24H25N3O2S. The number of amides is 1. The molecule has 0 radical (unpaired) electrons. The predicted octanol–water partition coefficient (Wildman–Crippen LogP) is 4.67. The molecule has 30 heavy (non-hydrogen) atoms. The fraction of sp³-hybridized carbons (Fsp3) is 0.250. The SMILES string of the molecule is CNC1CCN(c2ccc(NC(=O)c3ccc(-c4ccccc4C(C)=O)s3)cc2)C1. The minimum absolute atomic E-state index is 0.0177. The number of Topliss-reactive ketones (excluding diaryl/α,β-unsaturated/α-hetero) is 1. The van der Waals surface area contributed by atoms with Gasteiger partial charge in [0.1, 0.15) is 0 Å². The second kappa shape index (κ2) is 8.81. The molecule has 2 heterocycles. The minimum atomic E-state index is -0.143. The second-order valence-corrected chi connectivity index (χ2v) is 8.57. The first-order valence-electron chi connectivity index (χ1n) is 10.1. The Balaban J connectivity index is 1.45. The van der Waals surface area contributed by atoms with Crippen LogP contribution in [-0.2, 0) is 0 Å². The third-order valence-corrected chi connectivity index (χ3v) is 6.61. The Morgan fingerprint density at radius 3 is 2.50 bits per heavy atom. The zero-order chi connectivity index (χ0) is 21.1. The summed E-state index contributed by atoms with van der Waals surface area (Å²) in [6, 6.07) is 19.7. The van der Waals surface area contributed by atoms with E-state index in [-0.39, 0.29) is 11.7 Å². The number of hydrogen-bond acceptors (Lipinski definition) is 5. The molecule has 1 unspecified atom stereocenters. The maximum atomic E-state index is 12.7. The molecule has 0 bridgehead atoms. The van der Waals surface area contributed by atoms with E-state index in [4.69, 9.17) is 0 Å². The molecule has 6 heteroatoms. The van der Waals surface area contributed by atoms with E-state index >= 15 is 0 Å². The third-order valence-electron chi connectivity index (χ3n) is 5.49. The van der Waals surface area contributed by atoms with Crippen LogP contribution in [0.1, 0.15) is 33.4 Å². The summed E-state index contributed by atoms with van der Waals surface area (Å²) in [6.07, 6.45) is 1.14. The summed E-state index contributed by atoms with van der Waals surface area (Å²) in [5.74, 6) is -0.125. The first-order chi connectivity index (χ1) is 14.5. The smallest absolute Gasteiger partial charge is 0.265 e. The molecule has 5 nitrogen and oxygen atoms in total. The maximum Gasteiger partial charge on any atom is 0.265 e. The van der Waals surface area contributed by atoms with E-state index in [1.54, 1.807) is 6.92 Å². The number of likely N-dealkylation sites (N-methyl/N-ethyl adjacent to an activating group) is 1. The highest BCUT2D eigenvalue weighted by Crippen LogP contribution is 2.31. The van der Waals surface area contributed by atoms with E-state index < -0.39 is 0 Å². The van der Waals surface area contributed by atoms with E-state index in [1.165, 1.54) is 17.0 Å². The van der Waals surface area contributed by atoms with Crippen molar-refractivity contribution < 1.29 is 9.59 Å². The summed E-state index contributed by atoms with van der Waals surface area (Å²) in [6.45, 7) is 3.60. The molecule has 0 aliphatic carbocycles. The summed E-state index contributed by atoms with van der Waals surface area (Å²) in [5, 5.41) is 6.30. The van der Waals surface area contributed by atoms with E-state index in [9.17, 15) is 9.59 Å². The standard InChI is InChI=1S/C24H25N3O2S/c1-16(28)20-5-3-4-6-21(20)22-11-12-23(30-22)24(29)26-17-7-9-19(10-8-17)27-14-13-18(15-27)25-2/h3-12,18,25H,13-15H2,1-2H3,(H,26,29). The topological polar surface area (TPSA) is 61.4 Å². The summed E-state index contributed by atoms with van der Waals surface area (Å²) in [7, 11) is 2.00. The van der Waals surface area contributed by atoms with E-state index in [2.05, 4.69) is 27.7 Å². The molecule has 0 saturated carbocycles. The predicted molar refractivity (Wildman–Crippen MR) is 124 cm³/mol. The number of hydrogen-bond donors (Lipinski definition) is 2. The van der Waals surface area contributed by atoms with Crippen LogP contribution in [0.4, 0.5) is 11.4 Å². The first kappa shape index (κ1) is 20.3. The zero-order valence-corrected chi connectivity index (χ0v) is 18.0. The lowest BCUT2D eigenvalue weighted by atomic mass is 10.0. The van der Waals surface area contributed by atoms with Gasteiger partial charge in [-0.3, -0.25) is 9.59 Å². The Morgan fingerprint density at radius 1 is 1.03 bits per heavy atom. The van der Waals surface area contributed by atoms with Gasteiger partial charge in [-0.25, -0.2) is 0 Å². The lowest BCUT2D eigenvalue weighted by Gasteiger charge is -2.19. The van der Waals surface area contributed by atoms with Gasteiger partial charge in [-0.05, 0) is 56.8 Å². The van der Waals surface area contributed by atoms with Gasteiger partial charge < -0.3 is 15.5 Å². The number of benzene rings is 2. The molecule has 1 aromatic heterocycles. The largest absolute Gasteiger partial charge is 0.370 e. The molecule has 0 spiro atoms. The number of rotatable bonds is 6. The van der Waals surface area contributed by atoms with Gasteiger partial charge in [0, 0.05) is 46.5 Å². The van der Waals surface area contributed by atoms with Crippen molar-refractivity contribution in [3.8, 4) is 10.4 Å². The zero-order valence-electron chi connectivity index (χ0n) is 17.1. The van der Waals surface area contributed by atoms with Crippen molar-refractivity contribution in [1.29, 1.82) is 0 Å². The van der Waals surface area contributed by atoms with Crippen LogP contribution in [0.5, 0.6) is 0 Å². The summed E-state index contributed by atoms with van der Waals surface area (Å²) >= 11 is 1.39. The molecule has 1 atom stereocenters. The quantitative estimate of drug-likeness (QED) is 0.570. The number of carbonyl (C=O) groups excluding carboxylic acids is 2. The van der Waals surface area contributed by atoms with Crippen LogP contribution < -0.4 is 15.5 Å². The van der Waals surface area contributed by atoms with Crippen molar-refractivity contribution in [3.63, 3.8) is 0 Å². The van der Waals surface area contributed by atoms with Crippen LogP contribution in [0.3, 0.4) is 0 Å². The fourth-order valence-corrected chi connectivity index (χ4v) is 4.73. The van der Waals surface area contributed by atoms with Crippen LogP contribution in [0.2, 0.25) is 0 Å². The Labute approximate surface area is 180 Å². The van der Waals surface area contributed by atoms with Crippen molar-refractivity contribution in [3.05, 3.63) is 71.1 Å². The first-order valence-corrected chi connectivity index (χ1v) is 10.9. The highest BCUT2D eigenvalue weighted by Gasteiger charge is 2.21. The van der Waals surface area contributed by atoms with Crippen molar-refractivity contribution in [1.82, 2.24) is 5.32 Å². The van der Waals surface area contributed by atoms with Gasteiger partial charge in [0.15, 0.2) is 5.78 Å². The van der Waals surface area contributed by atoms with Gasteiger partial charge >= 0.3 is 0 Å². The van der Waals surface area contributed by atoms with E-state index in [0.717, 1.165) is 35.6 Å². The van der Waals surface area contributed by atoms with Crippen LogP contribution in [-0.4, -0.2) is 37.9 Å². The van der Waals surface area contributed by atoms with Crippen LogP contribution >= 0.6 is 11.3 Å². The normalized spacial score (nSPS) is 15.9. The monoisotopic (exact) mass is 419 g/mol. The van der Waals surface area contributed by atoms with Gasteiger partial charge in [-0.2, -0.15) is 0 Å². The molecule has 154 valence electrons. The third kappa shape index (κ3) is 4.30. The van der Waals surface area contributed by atoms with Crippen molar-refractivity contribution in [2.24, 2.45) is 0 Å². The van der Waals surface area contributed by atoms with E-state index in [0.29, 0.717) is 16.5 Å². The van der Waals surface area contributed by atoms with Crippen LogP contribution in [0.25, 0.3) is 10.4 Å². The molecule has 4 rings (SSSR count). The van der Waals surface area contributed by atoms with Gasteiger partial charge in [0.05, 0.1) is 4.88 Å². The molecule has 2 aromatic carbocycles. The van der Waals surface area contributed by atoms with Crippen LogP contribution in [0.15, 0.2) is 60.7 Å². The van der Waals surface area contributed by atoms with Gasteiger partial charge in [0.25, 0.3) is 5.91 Å². The molecule has 3 aromatic rings.